The molecule has 1 saturated heterocycles. The molecule has 30 heavy (non-hydrogen) atoms. The maximum absolute atomic E-state index is 12.8. The smallest absolute Gasteiger partial charge is 0.433 e. The third-order valence-electron chi connectivity index (χ3n) is 4.58. The minimum Gasteiger partial charge on any atom is -0.477 e. The van der Waals surface area contributed by atoms with Crippen molar-refractivity contribution < 1.29 is 27.4 Å². The molecule has 1 N–H and O–H groups in total. The molecule has 1 aliphatic rings. The molecule has 2 aromatic rings. The van der Waals surface area contributed by atoms with Gasteiger partial charge < -0.3 is 19.7 Å². The number of nitrogens with one attached hydrogen (secondary N) is 1. The Morgan fingerprint density at radius 1 is 1.30 bits per heavy atom. The van der Waals surface area contributed by atoms with E-state index >= 15 is 0 Å². The van der Waals surface area contributed by atoms with Crippen molar-refractivity contribution in [3.63, 3.8) is 0 Å². The molecular weight excluding hydrogens is 425 g/mol. The zero-order valence-electron chi connectivity index (χ0n) is 16.4. The van der Waals surface area contributed by atoms with Gasteiger partial charge in [-0.05, 0) is 12.0 Å². The maximum atomic E-state index is 12.8. The Balaban J connectivity index is 0.00000320. The van der Waals surface area contributed by atoms with Gasteiger partial charge in [-0.15, -0.1) is 17.5 Å². The first-order valence-corrected chi connectivity index (χ1v) is 9.26. The van der Waals surface area contributed by atoms with Gasteiger partial charge in [0.15, 0.2) is 0 Å². The number of amides is 1. The van der Waals surface area contributed by atoms with Crippen LogP contribution in [0.15, 0.2) is 36.4 Å². The highest BCUT2D eigenvalue weighted by Gasteiger charge is 2.35. The van der Waals surface area contributed by atoms with Crippen molar-refractivity contribution in [3.05, 3.63) is 47.7 Å². The van der Waals surface area contributed by atoms with E-state index in [-0.39, 0.29) is 43.6 Å². The lowest BCUT2D eigenvalue weighted by Gasteiger charge is -2.33. The topological polar surface area (TPSA) is 68.6 Å². The van der Waals surface area contributed by atoms with Crippen LogP contribution in [0.3, 0.4) is 0 Å². The molecule has 166 valence electrons. The molecular formula is C19H24ClF3N4O3. The van der Waals surface area contributed by atoms with Gasteiger partial charge in [-0.1, -0.05) is 30.3 Å². The number of halogens is 4. The van der Waals surface area contributed by atoms with Gasteiger partial charge >= 0.3 is 12.3 Å². The Morgan fingerprint density at radius 2 is 2.03 bits per heavy atom. The van der Waals surface area contributed by atoms with Crippen LogP contribution in [0.4, 0.5) is 18.0 Å². The minimum absolute atomic E-state index is 0. The number of benzene rings is 1. The Labute approximate surface area is 178 Å². The summed E-state index contributed by atoms with van der Waals surface area (Å²) in [6.07, 6.45) is -4.35. The summed E-state index contributed by atoms with van der Waals surface area (Å²) in [5.41, 5.74) is 0.0464. The van der Waals surface area contributed by atoms with Crippen molar-refractivity contribution in [2.45, 2.75) is 25.2 Å². The van der Waals surface area contributed by atoms with Gasteiger partial charge in [0, 0.05) is 38.8 Å². The molecule has 0 aliphatic carbocycles. The number of nitrogens with zero attached hydrogens (tertiary/aromatic N) is 3. The maximum Gasteiger partial charge on any atom is 0.433 e. The van der Waals surface area contributed by atoms with Crippen molar-refractivity contribution in [1.82, 2.24) is 20.0 Å². The molecule has 3 rings (SSSR count). The average molecular weight is 449 g/mol. The van der Waals surface area contributed by atoms with Gasteiger partial charge in [0.1, 0.15) is 12.3 Å². The molecule has 1 amide bonds. The summed E-state index contributed by atoms with van der Waals surface area (Å²) < 4.78 is 49.8. The number of hydrogen-bond acceptors (Lipinski definition) is 5. The molecule has 7 nitrogen and oxygen atoms in total. The second kappa shape index (κ2) is 10.5. The van der Waals surface area contributed by atoms with Crippen LogP contribution in [-0.2, 0) is 24.6 Å². The first-order chi connectivity index (χ1) is 13.8. The lowest BCUT2D eigenvalue weighted by atomic mass is 10.1. The second-order valence-electron chi connectivity index (χ2n) is 6.76. The minimum atomic E-state index is -4.48. The van der Waals surface area contributed by atoms with E-state index in [1.807, 2.05) is 30.3 Å². The van der Waals surface area contributed by atoms with Crippen molar-refractivity contribution in [3.8, 4) is 5.88 Å². The molecule has 0 radical (unpaired) electrons. The van der Waals surface area contributed by atoms with Gasteiger partial charge in [0.2, 0.25) is 5.88 Å². The number of aromatic nitrogens is 2. The lowest BCUT2D eigenvalue weighted by Crippen LogP contribution is -2.53. The number of ether oxygens (including phenoxy) is 2. The van der Waals surface area contributed by atoms with E-state index in [4.69, 9.17) is 9.47 Å². The molecule has 1 fully saturated rings. The average Bonchev–Trinajstić information content (AvgIpc) is 3.08. The third-order valence-corrected chi connectivity index (χ3v) is 4.58. The summed E-state index contributed by atoms with van der Waals surface area (Å²) in [7, 11) is 1.22. The Kier molecular flexibility index (Phi) is 8.36. The van der Waals surface area contributed by atoms with Crippen molar-refractivity contribution in [2.24, 2.45) is 7.05 Å². The van der Waals surface area contributed by atoms with Crippen LogP contribution < -0.4 is 10.1 Å². The first kappa shape index (κ1) is 23.8. The van der Waals surface area contributed by atoms with E-state index in [9.17, 15) is 18.0 Å². The Bertz CT molecular complexity index is 817. The van der Waals surface area contributed by atoms with Crippen LogP contribution >= 0.6 is 12.4 Å². The number of carbonyl (C=O) groups is 1. The van der Waals surface area contributed by atoms with E-state index < -0.39 is 11.9 Å². The first-order valence-electron chi connectivity index (χ1n) is 9.26. The highest BCUT2D eigenvalue weighted by molar-refractivity contribution is 5.85. The van der Waals surface area contributed by atoms with E-state index in [2.05, 4.69) is 10.4 Å². The van der Waals surface area contributed by atoms with Crippen LogP contribution in [0, 0.1) is 0 Å². The predicted molar refractivity (Wildman–Crippen MR) is 106 cm³/mol. The summed E-state index contributed by atoms with van der Waals surface area (Å²) in [5, 5.41) is 7.00. The molecule has 1 aromatic heterocycles. The summed E-state index contributed by atoms with van der Waals surface area (Å²) in [5.74, 6) is -0.0743. The van der Waals surface area contributed by atoms with Crippen molar-refractivity contribution >= 4 is 18.5 Å². The molecule has 1 atom stereocenters. The van der Waals surface area contributed by atoms with E-state index in [0.29, 0.717) is 26.1 Å². The number of alkyl halides is 3. The van der Waals surface area contributed by atoms with Gasteiger partial charge in [-0.2, -0.15) is 13.2 Å². The SMILES string of the molecule is Cl.Cn1nc(OCC[C@@H]2CN(C(=O)OCc3ccccc3)CCN2)cc1C(F)(F)F. The second-order valence-corrected chi connectivity index (χ2v) is 6.76. The third kappa shape index (κ3) is 6.53. The molecule has 1 aliphatic heterocycles. The quantitative estimate of drug-likeness (QED) is 0.734. The van der Waals surface area contributed by atoms with Crippen molar-refractivity contribution in [1.29, 1.82) is 0 Å². The van der Waals surface area contributed by atoms with Gasteiger partial charge in [-0.25, -0.2) is 4.79 Å². The van der Waals surface area contributed by atoms with Crippen LogP contribution in [-0.4, -0.2) is 53.1 Å². The number of carbonyl (C=O) groups excluding carboxylic acids is 1. The molecule has 0 saturated carbocycles. The predicted octanol–water partition coefficient (Wildman–Crippen LogP) is 3.24. The number of rotatable bonds is 6. The number of piperazine rings is 1. The van der Waals surface area contributed by atoms with E-state index in [1.54, 1.807) is 4.90 Å². The van der Waals surface area contributed by atoms with Crippen molar-refractivity contribution in [2.75, 3.05) is 26.2 Å². The molecule has 1 aromatic carbocycles. The van der Waals surface area contributed by atoms with Crippen LogP contribution in [0.5, 0.6) is 5.88 Å². The van der Waals surface area contributed by atoms with Crippen LogP contribution in [0.1, 0.15) is 17.7 Å². The Morgan fingerprint density at radius 3 is 2.70 bits per heavy atom. The standard InChI is InChI=1S/C19H23F3N4O3.ClH/c1-25-16(19(20,21)22)11-17(24-25)28-10-7-15-12-26(9-8-23-15)18(27)29-13-14-5-3-2-4-6-14;/h2-6,11,15,23H,7-10,12-13H2,1H3;1H/t15-;/m1./s1. The van der Waals surface area contributed by atoms with Gasteiger partial charge in [-0.3, -0.25) is 4.68 Å². The fourth-order valence-corrected chi connectivity index (χ4v) is 3.08. The summed E-state index contributed by atoms with van der Waals surface area (Å²) in [6.45, 7) is 1.96. The van der Waals surface area contributed by atoms with Crippen LogP contribution in [0.2, 0.25) is 0 Å². The van der Waals surface area contributed by atoms with E-state index in [1.165, 1.54) is 7.05 Å². The monoisotopic (exact) mass is 448 g/mol. The fraction of sp³-hybridized carbons (Fsp3) is 0.474. The molecule has 2 heterocycles. The molecule has 0 unspecified atom stereocenters. The van der Waals surface area contributed by atoms with Gasteiger partial charge in [0.25, 0.3) is 0 Å². The molecule has 11 heteroatoms. The largest absolute Gasteiger partial charge is 0.477 e. The highest BCUT2D eigenvalue weighted by atomic mass is 35.5. The summed E-state index contributed by atoms with van der Waals surface area (Å²) in [4.78, 5) is 13.9. The number of aryl methyl sites for hydroxylation is 1. The molecule has 0 bridgehead atoms. The van der Waals surface area contributed by atoms with Crippen LogP contribution in [0.25, 0.3) is 0 Å². The lowest BCUT2D eigenvalue weighted by molar-refractivity contribution is -0.143. The zero-order valence-corrected chi connectivity index (χ0v) is 17.2. The highest BCUT2D eigenvalue weighted by Crippen LogP contribution is 2.30. The normalized spacial score (nSPS) is 16.7. The number of hydrogen-bond donors (Lipinski definition) is 1. The van der Waals surface area contributed by atoms with Gasteiger partial charge in [0.05, 0.1) is 6.61 Å². The molecule has 0 spiro atoms. The zero-order chi connectivity index (χ0) is 20.9. The van der Waals surface area contributed by atoms with E-state index in [0.717, 1.165) is 16.3 Å². The summed E-state index contributed by atoms with van der Waals surface area (Å²) >= 11 is 0. The fourth-order valence-electron chi connectivity index (χ4n) is 3.08. The Hall–Kier alpha value is -2.46. The summed E-state index contributed by atoms with van der Waals surface area (Å²) in [6, 6.07) is 10.2.